The van der Waals surface area contributed by atoms with Gasteiger partial charge in [0.15, 0.2) is 0 Å². The number of rotatable bonds is 6. The van der Waals surface area contributed by atoms with E-state index < -0.39 is 12.2 Å². The molecular formula is C14H18F2O. The highest BCUT2D eigenvalue weighted by Crippen LogP contribution is 2.29. The number of aliphatic hydroxyl groups excluding tert-OH is 1. The molecule has 1 unspecified atom stereocenters. The van der Waals surface area contributed by atoms with Crippen molar-refractivity contribution in [3.63, 3.8) is 0 Å². The first kappa shape index (κ1) is 13.8. The SMILES string of the molecule is CCCCCC(=C(F)F)C(O)c1ccccc1. The Morgan fingerprint density at radius 2 is 1.82 bits per heavy atom. The van der Waals surface area contributed by atoms with E-state index in [1.54, 1.807) is 30.3 Å². The van der Waals surface area contributed by atoms with Gasteiger partial charge in [0.1, 0.15) is 6.10 Å². The van der Waals surface area contributed by atoms with Gasteiger partial charge in [-0.3, -0.25) is 0 Å². The number of unbranched alkanes of at least 4 members (excludes halogenated alkanes) is 2. The molecule has 0 aliphatic carbocycles. The van der Waals surface area contributed by atoms with Gasteiger partial charge in [-0.2, -0.15) is 8.78 Å². The molecule has 0 saturated heterocycles. The van der Waals surface area contributed by atoms with Crippen molar-refractivity contribution in [2.45, 2.75) is 38.7 Å². The summed E-state index contributed by atoms with van der Waals surface area (Å²) in [5.74, 6) is 0. The molecule has 0 amide bonds. The van der Waals surface area contributed by atoms with Gasteiger partial charge in [0.25, 0.3) is 6.08 Å². The van der Waals surface area contributed by atoms with E-state index in [4.69, 9.17) is 0 Å². The van der Waals surface area contributed by atoms with Crippen molar-refractivity contribution < 1.29 is 13.9 Å². The summed E-state index contributed by atoms with van der Waals surface area (Å²) in [6.45, 7) is 2.02. The van der Waals surface area contributed by atoms with E-state index in [-0.39, 0.29) is 12.0 Å². The summed E-state index contributed by atoms with van der Waals surface area (Å²) in [6.07, 6.45) is -0.115. The smallest absolute Gasteiger partial charge is 0.272 e. The first-order valence-corrected chi connectivity index (χ1v) is 5.93. The lowest BCUT2D eigenvalue weighted by Crippen LogP contribution is -2.03. The molecule has 94 valence electrons. The Morgan fingerprint density at radius 3 is 2.35 bits per heavy atom. The van der Waals surface area contributed by atoms with Crippen LogP contribution in [0.3, 0.4) is 0 Å². The fourth-order valence-corrected chi connectivity index (χ4v) is 1.74. The lowest BCUT2D eigenvalue weighted by molar-refractivity contribution is 0.199. The molecule has 3 heteroatoms. The fourth-order valence-electron chi connectivity index (χ4n) is 1.74. The van der Waals surface area contributed by atoms with Crippen molar-refractivity contribution in [2.75, 3.05) is 0 Å². The molecule has 0 saturated carbocycles. The van der Waals surface area contributed by atoms with Crippen molar-refractivity contribution in [1.82, 2.24) is 0 Å². The van der Waals surface area contributed by atoms with Gasteiger partial charge in [-0.15, -0.1) is 0 Å². The van der Waals surface area contributed by atoms with E-state index in [1.165, 1.54) is 0 Å². The van der Waals surface area contributed by atoms with Crippen LogP contribution >= 0.6 is 0 Å². The molecule has 1 rings (SSSR count). The summed E-state index contributed by atoms with van der Waals surface area (Å²) in [5, 5.41) is 9.91. The molecule has 1 N–H and O–H groups in total. The maximum atomic E-state index is 12.8. The van der Waals surface area contributed by atoms with Gasteiger partial charge < -0.3 is 5.11 Å². The summed E-state index contributed by atoms with van der Waals surface area (Å²) in [6, 6.07) is 8.58. The lowest BCUT2D eigenvalue weighted by Gasteiger charge is -2.14. The largest absolute Gasteiger partial charge is 0.384 e. The zero-order chi connectivity index (χ0) is 12.7. The Hall–Kier alpha value is -1.22. The van der Waals surface area contributed by atoms with Crippen LogP contribution in [0.1, 0.15) is 44.3 Å². The topological polar surface area (TPSA) is 20.2 Å². The summed E-state index contributed by atoms with van der Waals surface area (Å²) >= 11 is 0. The standard InChI is InChI=1S/C14H18F2O/c1-2-3-5-10-12(14(15)16)13(17)11-8-6-4-7-9-11/h4,6-9,13,17H,2-3,5,10H2,1H3. The highest BCUT2D eigenvalue weighted by molar-refractivity contribution is 5.26. The van der Waals surface area contributed by atoms with Crippen molar-refractivity contribution in [3.05, 3.63) is 47.5 Å². The van der Waals surface area contributed by atoms with Crippen LogP contribution in [0.2, 0.25) is 0 Å². The first-order chi connectivity index (χ1) is 8.16. The van der Waals surface area contributed by atoms with E-state index in [2.05, 4.69) is 0 Å². The van der Waals surface area contributed by atoms with Gasteiger partial charge >= 0.3 is 0 Å². The van der Waals surface area contributed by atoms with Gasteiger partial charge in [0.2, 0.25) is 0 Å². The molecule has 0 aliphatic heterocycles. The zero-order valence-corrected chi connectivity index (χ0v) is 10.00. The average molecular weight is 240 g/mol. The second kappa shape index (κ2) is 7.17. The lowest BCUT2D eigenvalue weighted by atomic mass is 9.98. The van der Waals surface area contributed by atoms with Crippen LogP contribution in [0.4, 0.5) is 8.78 Å². The van der Waals surface area contributed by atoms with Crippen molar-refractivity contribution in [2.24, 2.45) is 0 Å². The van der Waals surface area contributed by atoms with E-state index in [1.807, 2.05) is 6.92 Å². The minimum Gasteiger partial charge on any atom is -0.384 e. The predicted molar refractivity (Wildman–Crippen MR) is 64.8 cm³/mol. The summed E-state index contributed by atoms with van der Waals surface area (Å²) in [5.41, 5.74) is 0.372. The molecule has 0 radical (unpaired) electrons. The molecule has 0 bridgehead atoms. The third kappa shape index (κ3) is 4.27. The second-order valence-corrected chi connectivity index (χ2v) is 4.06. The molecule has 1 aromatic carbocycles. The quantitative estimate of drug-likeness (QED) is 0.728. The maximum absolute atomic E-state index is 12.8. The minimum absolute atomic E-state index is 0.148. The third-order valence-corrected chi connectivity index (χ3v) is 2.74. The normalized spacial score (nSPS) is 12.2. The Bertz CT molecular complexity index is 356. The molecule has 1 nitrogen and oxygen atoms in total. The zero-order valence-electron chi connectivity index (χ0n) is 10.00. The fraction of sp³-hybridized carbons (Fsp3) is 0.429. The van der Waals surface area contributed by atoms with Crippen LogP contribution in [-0.2, 0) is 0 Å². The maximum Gasteiger partial charge on any atom is 0.272 e. The van der Waals surface area contributed by atoms with Crippen LogP contribution in [-0.4, -0.2) is 5.11 Å². The van der Waals surface area contributed by atoms with Crippen molar-refractivity contribution in [3.8, 4) is 0 Å². The number of hydrogen-bond donors (Lipinski definition) is 1. The average Bonchev–Trinajstić information content (AvgIpc) is 2.34. The van der Waals surface area contributed by atoms with E-state index in [0.29, 0.717) is 12.0 Å². The van der Waals surface area contributed by atoms with Gasteiger partial charge in [-0.25, -0.2) is 0 Å². The Labute approximate surface area is 101 Å². The Kier molecular flexibility index (Phi) is 5.84. The van der Waals surface area contributed by atoms with Crippen LogP contribution in [0, 0.1) is 0 Å². The second-order valence-electron chi connectivity index (χ2n) is 4.06. The van der Waals surface area contributed by atoms with E-state index in [0.717, 1.165) is 12.8 Å². The van der Waals surface area contributed by atoms with Crippen LogP contribution in [0.5, 0.6) is 0 Å². The molecule has 0 fully saturated rings. The number of aliphatic hydroxyl groups is 1. The van der Waals surface area contributed by atoms with Crippen LogP contribution < -0.4 is 0 Å². The van der Waals surface area contributed by atoms with E-state index >= 15 is 0 Å². The van der Waals surface area contributed by atoms with E-state index in [9.17, 15) is 13.9 Å². The first-order valence-electron chi connectivity index (χ1n) is 5.93. The van der Waals surface area contributed by atoms with Gasteiger partial charge in [0, 0.05) is 5.57 Å². The van der Waals surface area contributed by atoms with Gasteiger partial charge in [-0.1, -0.05) is 50.1 Å². The molecule has 0 aromatic heterocycles. The minimum atomic E-state index is -1.75. The Balaban J connectivity index is 2.75. The van der Waals surface area contributed by atoms with Gasteiger partial charge in [-0.05, 0) is 18.4 Å². The molecule has 0 aliphatic rings. The van der Waals surface area contributed by atoms with Crippen LogP contribution in [0.25, 0.3) is 0 Å². The van der Waals surface area contributed by atoms with Crippen molar-refractivity contribution >= 4 is 0 Å². The summed E-state index contributed by atoms with van der Waals surface area (Å²) in [7, 11) is 0. The highest BCUT2D eigenvalue weighted by Gasteiger charge is 2.18. The van der Waals surface area contributed by atoms with Crippen molar-refractivity contribution in [1.29, 1.82) is 0 Å². The number of hydrogen-bond acceptors (Lipinski definition) is 1. The molecule has 0 heterocycles. The van der Waals surface area contributed by atoms with Gasteiger partial charge in [0.05, 0.1) is 0 Å². The Morgan fingerprint density at radius 1 is 1.18 bits per heavy atom. The third-order valence-electron chi connectivity index (χ3n) is 2.74. The summed E-state index contributed by atoms with van der Waals surface area (Å²) < 4.78 is 25.6. The summed E-state index contributed by atoms with van der Waals surface area (Å²) in [4.78, 5) is 0. The molecule has 1 atom stereocenters. The molecule has 0 spiro atoms. The molecule has 1 aromatic rings. The number of halogens is 2. The van der Waals surface area contributed by atoms with Crippen LogP contribution in [0.15, 0.2) is 42.0 Å². The molecule has 17 heavy (non-hydrogen) atoms. The highest BCUT2D eigenvalue weighted by atomic mass is 19.3. The monoisotopic (exact) mass is 240 g/mol. The predicted octanol–water partition coefficient (Wildman–Crippen LogP) is 4.45. The number of benzene rings is 1. The molecular weight excluding hydrogens is 222 g/mol.